The molecule has 1 heterocycles. The Bertz CT molecular complexity index is 607. The van der Waals surface area contributed by atoms with Gasteiger partial charge in [0.1, 0.15) is 0 Å². The summed E-state index contributed by atoms with van der Waals surface area (Å²) in [4.78, 5) is 25.9. The van der Waals surface area contributed by atoms with Gasteiger partial charge in [0.05, 0.1) is 17.8 Å². The normalized spacial score (nSPS) is 17.6. The topological polar surface area (TPSA) is 87.5 Å². The molecule has 3 rings (SSSR count). The summed E-state index contributed by atoms with van der Waals surface area (Å²) in [6, 6.07) is 5.32. The average molecular weight is 330 g/mol. The van der Waals surface area contributed by atoms with Gasteiger partial charge in [-0.1, -0.05) is 0 Å². The van der Waals surface area contributed by atoms with E-state index in [1.54, 1.807) is 12.1 Å². The summed E-state index contributed by atoms with van der Waals surface area (Å²) in [5.41, 5.74) is 7.56. The van der Waals surface area contributed by atoms with Crippen molar-refractivity contribution in [1.82, 2.24) is 5.32 Å². The second kappa shape index (κ2) is 7.66. The van der Waals surface area contributed by atoms with Crippen LogP contribution in [0.4, 0.5) is 11.4 Å². The highest BCUT2D eigenvalue weighted by molar-refractivity contribution is 6.00. The molecule has 1 aliphatic heterocycles. The number of nitrogens with one attached hydrogen (secondary N) is 2. The van der Waals surface area contributed by atoms with Gasteiger partial charge in [-0.2, -0.15) is 0 Å². The zero-order valence-corrected chi connectivity index (χ0v) is 14.0. The molecular formula is C18H26N4O2. The first-order chi connectivity index (χ1) is 11.6. The minimum absolute atomic E-state index is 0.0629. The van der Waals surface area contributed by atoms with Crippen molar-refractivity contribution < 1.29 is 9.59 Å². The van der Waals surface area contributed by atoms with Crippen molar-refractivity contribution in [3.63, 3.8) is 0 Å². The molecule has 0 unspecified atom stereocenters. The standard InChI is InChI=1S/C18H26N4O2/c19-18(24)15-7-6-14(10-16(15)22-8-2-1-3-9-22)21-17(23)12-20-11-13-4-5-13/h6-7,10,13,20H,1-5,8-9,11-12H2,(H2,19,24)(H,21,23). The summed E-state index contributed by atoms with van der Waals surface area (Å²) < 4.78 is 0. The Labute approximate surface area is 142 Å². The largest absolute Gasteiger partial charge is 0.371 e. The maximum absolute atomic E-state index is 12.0. The number of hydrogen-bond donors (Lipinski definition) is 3. The second-order valence-corrected chi connectivity index (χ2v) is 6.77. The van der Waals surface area contributed by atoms with E-state index in [4.69, 9.17) is 5.73 Å². The molecule has 6 heteroatoms. The second-order valence-electron chi connectivity index (χ2n) is 6.77. The fraction of sp³-hybridized carbons (Fsp3) is 0.556. The van der Waals surface area contributed by atoms with Gasteiger partial charge in [0.2, 0.25) is 5.91 Å². The fourth-order valence-electron chi connectivity index (χ4n) is 3.13. The van der Waals surface area contributed by atoms with E-state index < -0.39 is 5.91 Å². The quantitative estimate of drug-likeness (QED) is 0.710. The number of nitrogens with two attached hydrogens (primary N) is 1. The van der Waals surface area contributed by atoms with Gasteiger partial charge in [-0.3, -0.25) is 9.59 Å². The van der Waals surface area contributed by atoms with Gasteiger partial charge in [-0.15, -0.1) is 0 Å². The van der Waals surface area contributed by atoms with E-state index in [1.165, 1.54) is 19.3 Å². The molecule has 1 aliphatic carbocycles. The third kappa shape index (κ3) is 4.47. The highest BCUT2D eigenvalue weighted by Gasteiger charge is 2.21. The highest BCUT2D eigenvalue weighted by Crippen LogP contribution is 2.28. The Hall–Kier alpha value is -2.08. The van der Waals surface area contributed by atoms with Gasteiger partial charge in [-0.25, -0.2) is 0 Å². The molecule has 0 spiro atoms. The number of hydrogen-bond acceptors (Lipinski definition) is 4. The summed E-state index contributed by atoms with van der Waals surface area (Å²) >= 11 is 0. The summed E-state index contributed by atoms with van der Waals surface area (Å²) in [5.74, 6) is 0.255. The molecule has 0 atom stereocenters. The molecule has 0 radical (unpaired) electrons. The highest BCUT2D eigenvalue weighted by atomic mass is 16.2. The van der Waals surface area contributed by atoms with Gasteiger partial charge in [-0.05, 0) is 62.8 Å². The average Bonchev–Trinajstić information content (AvgIpc) is 3.39. The third-order valence-corrected chi connectivity index (χ3v) is 4.66. The van der Waals surface area contributed by atoms with Gasteiger partial charge in [0.25, 0.3) is 5.91 Å². The number of carbonyl (C=O) groups excluding carboxylic acids is 2. The number of benzene rings is 1. The Morgan fingerprint density at radius 3 is 2.58 bits per heavy atom. The molecule has 6 nitrogen and oxygen atoms in total. The van der Waals surface area contributed by atoms with Crippen LogP contribution in [0.25, 0.3) is 0 Å². The predicted octanol–water partition coefficient (Wildman–Crippen LogP) is 1.71. The van der Waals surface area contributed by atoms with Gasteiger partial charge < -0.3 is 21.3 Å². The van der Waals surface area contributed by atoms with Crippen LogP contribution in [0.3, 0.4) is 0 Å². The number of piperidine rings is 1. The molecule has 1 saturated carbocycles. The minimum Gasteiger partial charge on any atom is -0.371 e. The minimum atomic E-state index is -0.431. The van der Waals surface area contributed by atoms with E-state index in [9.17, 15) is 9.59 Å². The number of anilines is 2. The monoisotopic (exact) mass is 330 g/mol. The third-order valence-electron chi connectivity index (χ3n) is 4.66. The number of nitrogens with zero attached hydrogens (tertiary/aromatic N) is 1. The summed E-state index contributed by atoms with van der Waals surface area (Å²) in [6.07, 6.45) is 5.97. The van der Waals surface area contributed by atoms with Crippen molar-refractivity contribution >= 4 is 23.2 Å². The lowest BCUT2D eigenvalue weighted by Crippen LogP contribution is -2.32. The molecule has 1 aromatic carbocycles. The van der Waals surface area contributed by atoms with Crippen LogP contribution in [0.5, 0.6) is 0 Å². The van der Waals surface area contributed by atoms with Gasteiger partial charge >= 0.3 is 0 Å². The van der Waals surface area contributed by atoms with E-state index in [-0.39, 0.29) is 5.91 Å². The zero-order valence-electron chi connectivity index (χ0n) is 14.0. The van der Waals surface area contributed by atoms with Crippen molar-refractivity contribution in [2.45, 2.75) is 32.1 Å². The molecule has 0 aromatic heterocycles. The molecule has 4 N–H and O–H groups in total. The lowest BCUT2D eigenvalue weighted by Gasteiger charge is -2.30. The smallest absolute Gasteiger partial charge is 0.250 e. The Balaban J connectivity index is 1.66. The van der Waals surface area contributed by atoms with Crippen molar-refractivity contribution in [2.75, 3.05) is 36.4 Å². The predicted molar refractivity (Wildman–Crippen MR) is 95.2 cm³/mol. The number of amides is 2. The Kier molecular flexibility index (Phi) is 5.35. The van der Waals surface area contributed by atoms with E-state index in [0.29, 0.717) is 17.8 Å². The van der Waals surface area contributed by atoms with Crippen LogP contribution >= 0.6 is 0 Å². The Morgan fingerprint density at radius 2 is 1.92 bits per heavy atom. The first-order valence-electron chi connectivity index (χ1n) is 8.83. The van der Waals surface area contributed by atoms with Gasteiger partial charge in [0.15, 0.2) is 0 Å². The van der Waals surface area contributed by atoms with Crippen LogP contribution in [0, 0.1) is 5.92 Å². The molecule has 0 bridgehead atoms. The fourth-order valence-corrected chi connectivity index (χ4v) is 3.13. The number of carbonyl (C=O) groups is 2. The van der Waals surface area contributed by atoms with Crippen LogP contribution in [0.1, 0.15) is 42.5 Å². The number of rotatable bonds is 7. The van der Waals surface area contributed by atoms with Crippen LogP contribution in [-0.2, 0) is 4.79 Å². The molecule has 2 amide bonds. The molecule has 2 aliphatic rings. The van der Waals surface area contributed by atoms with Crippen molar-refractivity contribution in [3.05, 3.63) is 23.8 Å². The first kappa shape index (κ1) is 16.8. The van der Waals surface area contributed by atoms with Crippen molar-refractivity contribution in [2.24, 2.45) is 11.7 Å². The summed E-state index contributed by atoms with van der Waals surface area (Å²) in [6.45, 7) is 3.06. The van der Waals surface area contributed by atoms with E-state index in [1.807, 2.05) is 6.07 Å². The van der Waals surface area contributed by atoms with Crippen molar-refractivity contribution in [3.8, 4) is 0 Å². The van der Waals surface area contributed by atoms with Crippen LogP contribution in [0.2, 0.25) is 0 Å². The maximum Gasteiger partial charge on any atom is 0.250 e. The number of primary amides is 1. The zero-order chi connectivity index (χ0) is 16.9. The van der Waals surface area contributed by atoms with E-state index in [0.717, 1.165) is 44.1 Å². The summed E-state index contributed by atoms with van der Waals surface area (Å²) in [7, 11) is 0. The molecule has 130 valence electrons. The summed E-state index contributed by atoms with van der Waals surface area (Å²) in [5, 5.41) is 6.08. The molecule has 24 heavy (non-hydrogen) atoms. The van der Waals surface area contributed by atoms with Crippen LogP contribution in [-0.4, -0.2) is 38.0 Å². The van der Waals surface area contributed by atoms with E-state index in [2.05, 4.69) is 15.5 Å². The molecule has 1 saturated heterocycles. The van der Waals surface area contributed by atoms with Crippen molar-refractivity contribution in [1.29, 1.82) is 0 Å². The lowest BCUT2D eigenvalue weighted by atomic mass is 10.1. The maximum atomic E-state index is 12.0. The first-order valence-corrected chi connectivity index (χ1v) is 8.83. The molecule has 2 fully saturated rings. The SMILES string of the molecule is NC(=O)c1ccc(NC(=O)CNCC2CC2)cc1N1CCCCC1. The van der Waals surface area contributed by atoms with Gasteiger partial charge in [0, 0.05) is 18.8 Å². The van der Waals surface area contributed by atoms with Crippen LogP contribution < -0.4 is 21.3 Å². The Morgan fingerprint density at radius 1 is 1.17 bits per heavy atom. The molecular weight excluding hydrogens is 304 g/mol. The van der Waals surface area contributed by atoms with Crippen LogP contribution in [0.15, 0.2) is 18.2 Å². The van der Waals surface area contributed by atoms with E-state index >= 15 is 0 Å². The lowest BCUT2D eigenvalue weighted by molar-refractivity contribution is -0.115. The molecule has 1 aromatic rings.